The Bertz CT molecular complexity index is 1240. The Hall–Kier alpha value is -3.35. The highest BCUT2D eigenvalue weighted by Gasteiger charge is 2.44. The van der Waals surface area contributed by atoms with Gasteiger partial charge in [-0.05, 0) is 69.0 Å². The van der Waals surface area contributed by atoms with Gasteiger partial charge in [0, 0.05) is 38.4 Å². The molecule has 2 aromatic rings. The van der Waals surface area contributed by atoms with Gasteiger partial charge in [0.1, 0.15) is 5.60 Å². The number of benzene rings is 1. The largest absolute Gasteiger partial charge is 0.416 e. The van der Waals surface area contributed by atoms with Gasteiger partial charge in [-0.25, -0.2) is 0 Å². The number of halogens is 3. The Kier molecular flexibility index (Phi) is 8.62. The maximum absolute atomic E-state index is 13.3. The first-order chi connectivity index (χ1) is 18.8. The van der Waals surface area contributed by atoms with Crippen LogP contribution in [0.1, 0.15) is 64.1 Å². The molecule has 4 N–H and O–H groups in total. The molecule has 0 unspecified atom stereocenters. The van der Waals surface area contributed by atoms with Gasteiger partial charge in [-0.15, -0.1) is 0 Å². The van der Waals surface area contributed by atoms with Crippen molar-refractivity contribution in [1.29, 1.82) is 0 Å². The number of amides is 2. The number of nitrogens with one attached hydrogen (secondary N) is 3. The topological polar surface area (TPSA) is 124 Å². The Labute approximate surface area is 230 Å². The van der Waals surface area contributed by atoms with Crippen LogP contribution in [0.3, 0.4) is 0 Å². The molecule has 216 valence electrons. The van der Waals surface area contributed by atoms with Crippen LogP contribution in [0.15, 0.2) is 42.6 Å². The van der Waals surface area contributed by atoms with E-state index in [1.165, 1.54) is 17.2 Å². The molecule has 0 spiro atoms. The van der Waals surface area contributed by atoms with Crippen molar-refractivity contribution in [3.8, 4) is 0 Å². The molecule has 2 aliphatic rings. The fourth-order valence-electron chi connectivity index (χ4n) is 5.34. The van der Waals surface area contributed by atoms with Gasteiger partial charge in [0.25, 0.3) is 11.8 Å². The molecule has 2 heterocycles. The van der Waals surface area contributed by atoms with Crippen LogP contribution in [0.25, 0.3) is 0 Å². The van der Waals surface area contributed by atoms with Gasteiger partial charge >= 0.3 is 6.18 Å². The minimum atomic E-state index is -4.58. The second-order valence-corrected chi connectivity index (χ2v) is 10.8. The van der Waals surface area contributed by atoms with E-state index in [0.717, 1.165) is 18.2 Å². The summed E-state index contributed by atoms with van der Waals surface area (Å²) in [6.45, 7) is 0.621. The fraction of sp³-hybridized carbons (Fsp3) is 0.500. The van der Waals surface area contributed by atoms with Crippen LogP contribution in [0.5, 0.6) is 0 Å². The third kappa shape index (κ3) is 6.51. The van der Waals surface area contributed by atoms with Gasteiger partial charge in [0.2, 0.25) is 0 Å². The van der Waals surface area contributed by atoms with Crippen LogP contribution in [-0.4, -0.2) is 77.9 Å². The van der Waals surface area contributed by atoms with E-state index in [0.29, 0.717) is 56.5 Å². The molecule has 1 saturated heterocycles. The number of aliphatic hydroxyl groups is 1. The number of aromatic nitrogens is 1. The van der Waals surface area contributed by atoms with Crippen LogP contribution in [0.2, 0.25) is 0 Å². The third-order valence-corrected chi connectivity index (χ3v) is 7.74. The van der Waals surface area contributed by atoms with E-state index >= 15 is 0 Å². The van der Waals surface area contributed by atoms with Crippen molar-refractivity contribution in [3.05, 3.63) is 65.0 Å². The van der Waals surface area contributed by atoms with Crippen molar-refractivity contribution in [1.82, 2.24) is 25.8 Å². The summed E-state index contributed by atoms with van der Waals surface area (Å²) in [4.78, 5) is 43.7. The second kappa shape index (κ2) is 11.6. The number of alkyl halides is 3. The van der Waals surface area contributed by atoms with Crippen LogP contribution in [0.4, 0.5) is 13.2 Å². The Morgan fingerprint density at radius 2 is 1.82 bits per heavy atom. The van der Waals surface area contributed by atoms with E-state index in [9.17, 15) is 32.7 Å². The van der Waals surface area contributed by atoms with Crippen LogP contribution in [0, 0.1) is 0 Å². The van der Waals surface area contributed by atoms with E-state index < -0.39 is 28.8 Å². The molecule has 0 bridgehead atoms. The van der Waals surface area contributed by atoms with E-state index in [1.54, 1.807) is 26.2 Å². The average Bonchev–Trinajstić information content (AvgIpc) is 3.42. The van der Waals surface area contributed by atoms with E-state index in [1.807, 2.05) is 0 Å². The summed E-state index contributed by atoms with van der Waals surface area (Å²) in [6, 6.07) is 7.32. The standard InChI is InChI=1S/C28H34F3N5O4/c1-36(2)25(39)19-6-7-22(33-15-19)27(40)10-8-21(9-11-27)35-26(12-13-32-17-26)23(37)16-34-24(38)18-4-3-5-20(14-18)28(29,30)31/h3-7,14-15,21,32,35,40H,8-13,16-17H2,1-2H3,(H,34,38)/t21?,26-,27?/m0/s1. The zero-order valence-electron chi connectivity index (χ0n) is 22.5. The first-order valence-corrected chi connectivity index (χ1v) is 13.2. The van der Waals surface area contributed by atoms with Gasteiger partial charge < -0.3 is 26.0 Å². The lowest BCUT2D eigenvalue weighted by atomic mass is 9.78. The molecule has 1 aliphatic heterocycles. The number of rotatable bonds is 8. The number of pyridine rings is 1. The molecular weight excluding hydrogens is 527 g/mol. The summed E-state index contributed by atoms with van der Waals surface area (Å²) in [5, 5.41) is 20.4. The van der Waals surface area contributed by atoms with Crippen LogP contribution >= 0.6 is 0 Å². The molecule has 1 aromatic heterocycles. The lowest BCUT2D eigenvalue weighted by molar-refractivity contribution is -0.137. The minimum absolute atomic E-state index is 0.0714. The highest BCUT2D eigenvalue weighted by molar-refractivity contribution is 5.99. The number of hydrogen-bond donors (Lipinski definition) is 4. The zero-order chi connectivity index (χ0) is 29.1. The van der Waals surface area contributed by atoms with Crippen LogP contribution in [-0.2, 0) is 16.6 Å². The monoisotopic (exact) mass is 561 g/mol. The lowest BCUT2D eigenvalue weighted by Crippen LogP contribution is -2.60. The molecule has 40 heavy (non-hydrogen) atoms. The maximum atomic E-state index is 13.3. The van der Waals surface area contributed by atoms with Crippen LogP contribution < -0.4 is 16.0 Å². The lowest BCUT2D eigenvalue weighted by Gasteiger charge is -2.40. The molecule has 9 nitrogen and oxygen atoms in total. The predicted octanol–water partition coefficient (Wildman–Crippen LogP) is 2.25. The minimum Gasteiger partial charge on any atom is -0.384 e. The van der Waals surface area contributed by atoms with Crippen molar-refractivity contribution < 1.29 is 32.7 Å². The number of carbonyl (C=O) groups is 3. The molecule has 1 aromatic carbocycles. The number of ketones is 1. The fourth-order valence-corrected chi connectivity index (χ4v) is 5.34. The van der Waals surface area contributed by atoms with Gasteiger partial charge in [0.05, 0.1) is 28.9 Å². The summed E-state index contributed by atoms with van der Waals surface area (Å²) in [5.74, 6) is -1.19. The van der Waals surface area contributed by atoms with Crippen molar-refractivity contribution >= 4 is 17.6 Å². The first-order valence-electron chi connectivity index (χ1n) is 13.2. The molecule has 12 heteroatoms. The van der Waals surface area contributed by atoms with E-state index in [-0.39, 0.29) is 29.8 Å². The molecule has 2 amide bonds. The summed E-state index contributed by atoms with van der Waals surface area (Å²) in [7, 11) is 3.30. The smallest absolute Gasteiger partial charge is 0.384 e. The van der Waals surface area contributed by atoms with E-state index in [2.05, 4.69) is 20.9 Å². The number of nitrogens with zero attached hydrogens (tertiary/aromatic N) is 2. The van der Waals surface area contributed by atoms with E-state index in [4.69, 9.17) is 0 Å². The Morgan fingerprint density at radius 3 is 2.40 bits per heavy atom. The summed E-state index contributed by atoms with van der Waals surface area (Å²) in [5.41, 5.74) is -2.27. The molecule has 1 saturated carbocycles. The maximum Gasteiger partial charge on any atom is 0.416 e. The van der Waals surface area contributed by atoms with Crippen molar-refractivity contribution in [2.45, 2.75) is 55.5 Å². The summed E-state index contributed by atoms with van der Waals surface area (Å²) < 4.78 is 39.0. The Morgan fingerprint density at radius 1 is 1.10 bits per heavy atom. The zero-order valence-corrected chi connectivity index (χ0v) is 22.5. The highest BCUT2D eigenvalue weighted by atomic mass is 19.4. The molecule has 0 radical (unpaired) electrons. The molecule has 4 rings (SSSR count). The third-order valence-electron chi connectivity index (χ3n) is 7.74. The van der Waals surface area contributed by atoms with Gasteiger partial charge in [0.15, 0.2) is 5.78 Å². The summed E-state index contributed by atoms with van der Waals surface area (Å²) >= 11 is 0. The normalized spacial score (nSPS) is 24.9. The number of hydrogen-bond acceptors (Lipinski definition) is 7. The van der Waals surface area contributed by atoms with Gasteiger partial charge in [-0.2, -0.15) is 13.2 Å². The molecule has 1 aliphatic carbocycles. The number of carbonyl (C=O) groups excluding carboxylic acids is 3. The van der Waals surface area contributed by atoms with Gasteiger partial charge in [-0.1, -0.05) is 6.07 Å². The SMILES string of the molecule is CN(C)C(=O)c1ccc(C2(O)CCC(N[C@@]3(C(=O)CNC(=O)c4cccc(C(F)(F)F)c4)CCNC3)CC2)nc1. The quantitative estimate of drug-likeness (QED) is 0.390. The van der Waals surface area contributed by atoms with Crippen molar-refractivity contribution in [2.75, 3.05) is 33.7 Å². The number of Topliss-reactive ketones (excluding diaryl/α,β-unsaturated/α-hetero) is 1. The van der Waals surface area contributed by atoms with Gasteiger partial charge in [-0.3, -0.25) is 19.4 Å². The predicted molar refractivity (Wildman–Crippen MR) is 141 cm³/mol. The Balaban J connectivity index is 1.35. The molecular formula is C28H34F3N5O4. The van der Waals surface area contributed by atoms with Crippen molar-refractivity contribution in [2.24, 2.45) is 0 Å². The first kappa shape index (κ1) is 29.6. The second-order valence-electron chi connectivity index (χ2n) is 10.8. The van der Waals surface area contributed by atoms with Crippen molar-refractivity contribution in [3.63, 3.8) is 0 Å². The average molecular weight is 562 g/mol. The molecule has 2 fully saturated rings. The molecule has 1 atom stereocenters. The highest BCUT2D eigenvalue weighted by Crippen LogP contribution is 2.37. The summed E-state index contributed by atoms with van der Waals surface area (Å²) in [6.07, 6.45) is -0.664.